The zero-order valence-electron chi connectivity index (χ0n) is 16.1. The summed E-state index contributed by atoms with van der Waals surface area (Å²) >= 11 is 0. The van der Waals surface area contributed by atoms with E-state index < -0.39 is 0 Å². The Labute approximate surface area is 160 Å². The molecule has 3 aliphatic heterocycles. The molecule has 3 heterocycles. The fourth-order valence-corrected chi connectivity index (χ4v) is 4.36. The summed E-state index contributed by atoms with van der Waals surface area (Å²) in [6, 6.07) is 6.08. The second-order valence-electron chi connectivity index (χ2n) is 7.97. The molecule has 0 bridgehead atoms. The Bertz CT molecular complexity index is 675. The van der Waals surface area contributed by atoms with E-state index in [0.29, 0.717) is 29.0 Å². The van der Waals surface area contributed by atoms with Crippen molar-refractivity contribution < 1.29 is 19.0 Å². The van der Waals surface area contributed by atoms with Crippen LogP contribution < -0.4 is 14.8 Å². The monoisotopic (exact) mass is 375 g/mol. The lowest BCUT2D eigenvalue weighted by Gasteiger charge is -2.31. The van der Waals surface area contributed by atoms with Crippen LogP contribution in [-0.2, 0) is 4.74 Å². The molecule has 0 aromatic heterocycles. The van der Waals surface area contributed by atoms with Crippen LogP contribution >= 0.6 is 0 Å². The van der Waals surface area contributed by atoms with Gasteiger partial charge in [0.15, 0.2) is 11.5 Å². The zero-order valence-corrected chi connectivity index (χ0v) is 16.1. The first-order chi connectivity index (χ1) is 13.1. The summed E-state index contributed by atoms with van der Waals surface area (Å²) in [6.07, 6.45) is 2.16. The van der Waals surface area contributed by atoms with Crippen LogP contribution in [0.25, 0.3) is 0 Å². The summed E-state index contributed by atoms with van der Waals surface area (Å²) in [5.41, 5.74) is 0.618. The number of benzene rings is 1. The first-order valence-electron chi connectivity index (χ1n) is 9.77. The topological polar surface area (TPSA) is 63.3 Å². The lowest BCUT2D eigenvalue weighted by atomic mass is 10.0. The van der Waals surface area contributed by atoms with Gasteiger partial charge in [0.1, 0.15) is 0 Å². The molecule has 4 rings (SSSR count). The number of hydrogen-bond acceptors (Lipinski definition) is 6. The van der Waals surface area contributed by atoms with Gasteiger partial charge in [-0.25, -0.2) is 0 Å². The van der Waals surface area contributed by atoms with Gasteiger partial charge in [-0.05, 0) is 45.1 Å². The van der Waals surface area contributed by atoms with Crippen molar-refractivity contribution in [2.24, 2.45) is 5.92 Å². The van der Waals surface area contributed by atoms with Crippen molar-refractivity contribution in [3.8, 4) is 11.5 Å². The smallest absolute Gasteiger partial charge is 0.251 e. The molecule has 7 nitrogen and oxygen atoms in total. The average molecular weight is 375 g/mol. The standard InChI is InChI=1S/C20H29N3O4/c1-22(2)10-15-11-23(16-5-7-25-8-6-16)12-17(15)21-20(24)14-3-4-18-19(9-14)27-13-26-18/h3-4,9,15-17H,5-8,10-13H2,1-2H3,(H,21,24)/t15-,17-/m1/s1. The molecule has 7 heteroatoms. The third-order valence-electron chi connectivity index (χ3n) is 5.73. The van der Waals surface area contributed by atoms with E-state index in [4.69, 9.17) is 14.2 Å². The Hall–Kier alpha value is -1.83. The molecule has 3 aliphatic rings. The third kappa shape index (κ3) is 4.20. The fraction of sp³-hybridized carbons (Fsp3) is 0.650. The van der Waals surface area contributed by atoms with Crippen molar-refractivity contribution in [2.75, 3.05) is 53.7 Å². The number of carbonyl (C=O) groups excluding carboxylic acids is 1. The molecule has 0 spiro atoms. The van der Waals surface area contributed by atoms with E-state index in [9.17, 15) is 4.79 Å². The minimum atomic E-state index is -0.0455. The number of rotatable bonds is 5. The highest BCUT2D eigenvalue weighted by Gasteiger charge is 2.37. The summed E-state index contributed by atoms with van der Waals surface area (Å²) < 4.78 is 16.2. The largest absolute Gasteiger partial charge is 0.454 e. The second kappa shape index (κ2) is 8.04. The first kappa shape index (κ1) is 18.5. The number of amides is 1. The number of likely N-dealkylation sites (tertiary alicyclic amines) is 1. The van der Waals surface area contributed by atoms with Crippen molar-refractivity contribution in [2.45, 2.75) is 24.9 Å². The van der Waals surface area contributed by atoms with E-state index in [1.807, 2.05) is 0 Å². The van der Waals surface area contributed by atoms with Gasteiger partial charge in [0, 0.05) is 56.4 Å². The summed E-state index contributed by atoms with van der Waals surface area (Å²) in [4.78, 5) is 17.6. The molecule has 1 N–H and O–H groups in total. The maximum atomic E-state index is 12.9. The molecule has 0 aliphatic carbocycles. The van der Waals surface area contributed by atoms with Gasteiger partial charge in [-0.15, -0.1) is 0 Å². The highest BCUT2D eigenvalue weighted by atomic mass is 16.7. The van der Waals surface area contributed by atoms with Crippen LogP contribution in [0.3, 0.4) is 0 Å². The molecular weight excluding hydrogens is 346 g/mol. The number of fused-ring (bicyclic) bond motifs is 1. The van der Waals surface area contributed by atoms with Gasteiger partial charge in [0.2, 0.25) is 6.79 Å². The van der Waals surface area contributed by atoms with Crippen molar-refractivity contribution in [3.05, 3.63) is 23.8 Å². The number of nitrogens with one attached hydrogen (secondary N) is 1. The van der Waals surface area contributed by atoms with Crippen LogP contribution in [0.2, 0.25) is 0 Å². The van der Waals surface area contributed by atoms with E-state index in [0.717, 1.165) is 45.7 Å². The molecule has 1 aromatic rings. The molecule has 0 saturated carbocycles. The minimum absolute atomic E-state index is 0.0455. The number of nitrogens with zero attached hydrogens (tertiary/aromatic N) is 2. The van der Waals surface area contributed by atoms with E-state index in [1.165, 1.54) is 0 Å². The lowest BCUT2D eigenvalue weighted by molar-refractivity contribution is 0.0403. The van der Waals surface area contributed by atoms with Crippen LogP contribution in [0, 0.1) is 5.92 Å². The van der Waals surface area contributed by atoms with E-state index >= 15 is 0 Å². The molecule has 1 amide bonds. The maximum absolute atomic E-state index is 12.9. The SMILES string of the molecule is CN(C)C[C@@H]1CN(C2CCOCC2)C[C@H]1NC(=O)c1ccc2c(c1)OCO2. The summed E-state index contributed by atoms with van der Waals surface area (Å²) in [6.45, 7) is 4.79. The van der Waals surface area contributed by atoms with E-state index in [2.05, 4.69) is 29.2 Å². The predicted molar refractivity (Wildman–Crippen MR) is 101 cm³/mol. The predicted octanol–water partition coefficient (Wildman–Crippen LogP) is 1.19. The summed E-state index contributed by atoms with van der Waals surface area (Å²) in [7, 11) is 4.18. The van der Waals surface area contributed by atoms with Gasteiger partial charge < -0.3 is 24.4 Å². The molecule has 0 radical (unpaired) electrons. The van der Waals surface area contributed by atoms with Gasteiger partial charge in [-0.3, -0.25) is 9.69 Å². The second-order valence-corrected chi connectivity index (χ2v) is 7.97. The van der Waals surface area contributed by atoms with Crippen LogP contribution in [0.5, 0.6) is 11.5 Å². The molecule has 2 saturated heterocycles. The maximum Gasteiger partial charge on any atom is 0.251 e. The third-order valence-corrected chi connectivity index (χ3v) is 5.73. The number of carbonyl (C=O) groups is 1. The minimum Gasteiger partial charge on any atom is -0.454 e. The molecule has 2 fully saturated rings. The molecule has 27 heavy (non-hydrogen) atoms. The Morgan fingerprint density at radius 2 is 1.96 bits per heavy atom. The molecule has 148 valence electrons. The quantitative estimate of drug-likeness (QED) is 0.834. The molecule has 0 unspecified atom stereocenters. The van der Waals surface area contributed by atoms with Gasteiger partial charge in [-0.1, -0.05) is 0 Å². The van der Waals surface area contributed by atoms with Crippen LogP contribution in [0.15, 0.2) is 18.2 Å². The fourth-order valence-electron chi connectivity index (χ4n) is 4.36. The van der Waals surface area contributed by atoms with Crippen molar-refractivity contribution in [1.29, 1.82) is 0 Å². The lowest BCUT2D eigenvalue weighted by Crippen LogP contribution is -2.44. The Morgan fingerprint density at radius 1 is 1.19 bits per heavy atom. The van der Waals surface area contributed by atoms with Crippen molar-refractivity contribution in [3.63, 3.8) is 0 Å². The normalized spacial score (nSPS) is 25.9. The van der Waals surface area contributed by atoms with E-state index in [1.54, 1.807) is 18.2 Å². The molecule has 1 aromatic carbocycles. The van der Waals surface area contributed by atoms with Crippen molar-refractivity contribution >= 4 is 5.91 Å². The number of ether oxygens (including phenoxy) is 3. The van der Waals surface area contributed by atoms with Gasteiger partial charge >= 0.3 is 0 Å². The molecular formula is C20H29N3O4. The van der Waals surface area contributed by atoms with Crippen LogP contribution in [0.4, 0.5) is 0 Å². The van der Waals surface area contributed by atoms with E-state index in [-0.39, 0.29) is 18.7 Å². The first-order valence-corrected chi connectivity index (χ1v) is 9.77. The highest BCUT2D eigenvalue weighted by molar-refractivity contribution is 5.95. The zero-order chi connectivity index (χ0) is 18.8. The Kier molecular flexibility index (Phi) is 5.52. The van der Waals surface area contributed by atoms with Gasteiger partial charge in [0.25, 0.3) is 5.91 Å². The van der Waals surface area contributed by atoms with Gasteiger partial charge in [-0.2, -0.15) is 0 Å². The number of hydrogen-bond donors (Lipinski definition) is 1. The van der Waals surface area contributed by atoms with Gasteiger partial charge in [0.05, 0.1) is 0 Å². The Morgan fingerprint density at radius 3 is 2.74 bits per heavy atom. The van der Waals surface area contributed by atoms with Crippen molar-refractivity contribution in [1.82, 2.24) is 15.1 Å². The highest BCUT2D eigenvalue weighted by Crippen LogP contribution is 2.32. The average Bonchev–Trinajstić information content (AvgIpc) is 3.28. The Balaban J connectivity index is 1.43. The van der Waals surface area contributed by atoms with Crippen LogP contribution in [0.1, 0.15) is 23.2 Å². The molecule has 2 atom stereocenters. The summed E-state index contributed by atoms with van der Waals surface area (Å²) in [5.74, 6) is 1.71. The summed E-state index contributed by atoms with van der Waals surface area (Å²) in [5, 5.41) is 3.28. The van der Waals surface area contributed by atoms with Crippen LogP contribution in [-0.4, -0.2) is 81.5 Å².